The molecule has 21 heavy (non-hydrogen) atoms. The number of carbonyl (C=O) groups is 1. The lowest BCUT2D eigenvalue weighted by Gasteiger charge is -2.52. The summed E-state index contributed by atoms with van der Waals surface area (Å²) in [6.45, 7) is 3.89. The molecule has 4 heteroatoms. The Morgan fingerprint density at radius 2 is 2.00 bits per heavy atom. The first-order valence-electron chi connectivity index (χ1n) is 7.65. The van der Waals surface area contributed by atoms with Crippen LogP contribution in [0.15, 0.2) is 18.2 Å². The molecule has 1 aromatic rings. The molecule has 1 heterocycles. The van der Waals surface area contributed by atoms with E-state index in [0.29, 0.717) is 5.41 Å². The van der Waals surface area contributed by atoms with E-state index in [1.807, 2.05) is 30.0 Å². The summed E-state index contributed by atoms with van der Waals surface area (Å²) in [6, 6.07) is 6.02. The predicted molar refractivity (Wildman–Crippen MR) is 80.7 cm³/mol. The average Bonchev–Trinajstić information content (AvgIpc) is 2.48. The van der Waals surface area contributed by atoms with Gasteiger partial charge in [0.05, 0.1) is 13.2 Å². The lowest BCUT2D eigenvalue weighted by molar-refractivity contribution is -0.132. The van der Waals surface area contributed by atoms with E-state index in [2.05, 4.69) is 0 Å². The molecule has 1 saturated heterocycles. The molecular weight excluding hydrogens is 266 g/mol. The topological polar surface area (TPSA) is 38.8 Å². The molecule has 3 rings (SSSR count). The number of hydrogen-bond acceptors (Lipinski definition) is 3. The van der Waals surface area contributed by atoms with Gasteiger partial charge < -0.3 is 14.4 Å². The Kier molecular flexibility index (Phi) is 3.79. The lowest BCUT2D eigenvalue weighted by atomic mass is 9.68. The Morgan fingerprint density at radius 1 is 1.29 bits per heavy atom. The molecule has 2 aliphatic rings. The van der Waals surface area contributed by atoms with Crippen molar-refractivity contribution < 1.29 is 14.3 Å². The number of benzene rings is 1. The van der Waals surface area contributed by atoms with Crippen LogP contribution < -0.4 is 9.47 Å². The molecular formula is C17H23NO3. The first-order valence-corrected chi connectivity index (χ1v) is 7.65. The van der Waals surface area contributed by atoms with Gasteiger partial charge in [-0.2, -0.15) is 0 Å². The van der Waals surface area contributed by atoms with Gasteiger partial charge in [-0.05, 0) is 44.2 Å². The molecule has 0 unspecified atom stereocenters. The highest BCUT2D eigenvalue weighted by atomic mass is 16.5. The van der Waals surface area contributed by atoms with E-state index in [-0.39, 0.29) is 6.10 Å². The molecule has 4 nitrogen and oxygen atoms in total. The molecule has 0 aromatic heterocycles. The second-order valence-corrected chi connectivity index (χ2v) is 6.46. The van der Waals surface area contributed by atoms with Gasteiger partial charge in [-0.1, -0.05) is 6.07 Å². The minimum atomic E-state index is 0.285. The summed E-state index contributed by atoms with van der Waals surface area (Å²) in [7, 11) is 1.69. The van der Waals surface area contributed by atoms with E-state index < -0.39 is 0 Å². The number of aryl methyl sites for hydroxylation is 1. The normalized spacial score (nSPS) is 21.0. The molecule has 0 atom stereocenters. The van der Waals surface area contributed by atoms with Gasteiger partial charge in [-0.25, -0.2) is 0 Å². The Morgan fingerprint density at radius 3 is 2.62 bits per heavy atom. The summed E-state index contributed by atoms with van der Waals surface area (Å²) in [5.41, 5.74) is 1.50. The molecule has 1 amide bonds. The summed E-state index contributed by atoms with van der Waals surface area (Å²) in [6.07, 6.45) is 5.71. The van der Waals surface area contributed by atoms with Gasteiger partial charge in [-0.15, -0.1) is 0 Å². The van der Waals surface area contributed by atoms with Crippen molar-refractivity contribution in [1.29, 1.82) is 0 Å². The van der Waals surface area contributed by atoms with Crippen LogP contribution in [0.5, 0.6) is 11.5 Å². The molecule has 0 radical (unpaired) electrons. The SMILES string of the molecule is COc1cc(OC2CCC3(CC2)CN(C=O)C3)ccc1C. The third-order valence-corrected chi connectivity index (χ3v) is 4.90. The Labute approximate surface area is 126 Å². The van der Waals surface area contributed by atoms with Crippen LogP contribution in [0.3, 0.4) is 0 Å². The second kappa shape index (κ2) is 5.58. The first-order chi connectivity index (χ1) is 10.1. The highest BCUT2D eigenvalue weighted by Gasteiger charge is 2.45. The van der Waals surface area contributed by atoms with Gasteiger partial charge in [-0.3, -0.25) is 4.79 Å². The molecule has 1 aliphatic carbocycles. The molecule has 0 N–H and O–H groups in total. The molecule has 1 saturated carbocycles. The number of nitrogens with zero attached hydrogens (tertiary/aromatic N) is 1. The van der Waals surface area contributed by atoms with Gasteiger partial charge in [0.1, 0.15) is 11.5 Å². The van der Waals surface area contributed by atoms with E-state index in [1.165, 1.54) is 0 Å². The van der Waals surface area contributed by atoms with Crippen LogP contribution >= 0.6 is 0 Å². The van der Waals surface area contributed by atoms with E-state index in [4.69, 9.17) is 9.47 Å². The van der Waals surface area contributed by atoms with Crippen molar-refractivity contribution in [3.05, 3.63) is 23.8 Å². The van der Waals surface area contributed by atoms with Gasteiger partial charge in [0.25, 0.3) is 0 Å². The van der Waals surface area contributed by atoms with Crippen LogP contribution in [0.1, 0.15) is 31.2 Å². The molecule has 114 valence electrons. The minimum absolute atomic E-state index is 0.285. The maximum Gasteiger partial charge on any atom is 0.209 e. The van der Waals surface area contributed by atoms with Crippen LogP contribution in [0.4, 0.5) is 0 Å². The maximum atomic E-state index is 10.7. The van der Waals surface area contributed by atoms with Gasteiger partial charge in [0.2, 0.25) is 6.41 Å². The average molecular weight is 289 g/mol. The molecule has 1 spiro atoms. The summed E-state index contributed by atoms with van der Waals surface area (Å²) >= 11 is 0. The Bertz CT molecular complexity index is 513. The van der Waals surface area contributed by atoms with E-state index in [9.17, 15) is 4.79 Å². The fraction of sp³-hybridized carbons (Fsp3) is 0.588. The van der Waals surface area contributed by atoms with Crippen LogP contribution in [0, 0.1) is 12.3 Å². The largest absolute Gasteiger partial charge is 0.496 e. The predicted octanol–water partition coefficient (Wildman–Crippen LogP) is 2.78. The summed E-state index contributed by atoms with van der Waals surface area (Å²) < 4.78 is 11.4. The molecule has 2 fully saturated rings. The standard InChI is InChI=1S/C17H23NO3/c1-13-3-4-15(9-16(13)20-2)21-14-5-7-17(8-6-14)10-18(11-17)12-19/h3-4,9,12,14H,5-8,10-11H2,1-2H3. The van der Waals surface area contributed by atoms with Crippen molar-refractivity contribution in [1.82, 2.24) is 4.90 Å². The highest BCUT2D eigenvalue weighted by Crippen LogP contribution is 2.44. The van der Waals surface area contributed by atoms with Crippen LogP contribution in [-0.2, 0) is 4.79 Å². The maximum absolute atomic E-state index is 10.7. The third-order valence-electron chi connectivity index (χ3n) is 4.90. The van der Waals surface area contributed by atoms with Crippen molar-refractivity contribution in [3.8, 4) is 11.5 Å². The van der Waals surface area contributed by atoms with Gasteiger partial charge in [0.15, 0.2) is 0 Å². The third kappa shape index (κ3) is 2.85. The van der Waals surface area contributed by atoms with Crippen LogP contribution in [0.2, 0.25) is 0 Å². The van der Waals surface area contributed by atoms with Crippen LogP contribution in [0.25, 0.3) is 0 Å². The highest BCUT2D eigenvalue weighted by molar-refractivity contribution is 5.49. The van der Waals surface area contributed by atoms with Gasteiger partial charge >= 0.3 is 0 Å². The minimum Gasteiger partial charge on any atom is -0.496 e. The summed E-state index contributed by atoms with van der Waals surface area (Å²) in [5.74, 6) is 1.77. The Balaban J connectivity index is 1.55. The second-order valence-electron chi connectivity index (χ2n) is 6.46. The fourth-order valence-electron chi connectivity index (χ4n) is 3.59. The number of rotatable bonds is 4. The fourth-order valence-corrected chi connectivity index (χ4v) is 3.59. The smallest absolute Gasteiger partial charge is 0.209 e. The zero-order chi connectivity index (χ0) is 14.9. The van der Waals surface area contributed by atoms with E-state index >= 15 is 0 Å². The zero-order valence-corrected chi connectivity index (χ0v) is 12.8. The number of amides is 1. The lowest BCUT2D eigenvalue weighted by Crippen LogP contribution is -2.57. The molecule has 1 aromatic carbocycles. The van der Waals surface area contributed by atoms with Crippen molar-refractivity contribution in [2.75, 3.05) is 20.2 Å². The van der Waals surface area contributed by atoms with Crippen molar-refractivity contribution in [3.63, 3.8) is 0 Å². The first kappa shape index (κ1) is 14.2. The summed E-state index contributed by atoms with van der Waals surface area (Å²) in [4.78, 5) is 12.6. The van der Waals surface area contributed by atoms with Crippen molar-refractivity contribution >= 4 is 6.41 Å². The number of hydrogen-bond donors (Lipinski definition) is 0. The monoisotopic (exact) mass is 289 g/mol. The van der Waals surface area contributed by atoms with Crippen molar-refractivity contribution in [2.45, 2.75) is 38.7 Å². The number of carbonyl (C=O) groups excluding carboxylic acids is 1. The van der Waals surface area contributed by atoms with E-state index in [1.54, 1.807) is 7.11 Å². The summed E-state index contributed by atoms with van der Waals surface area (Å²) in [5, 5.41) is 0. The van der Waals surface area contributed by atoms with Crippen LogP contribution in [-0.4, -0.2) is 37.6 Å². The quantitative estimate of drug-likeness (QED) is 0.800. The molecule has 0 bridgehead atoms. The number of ether oxygens (including phenoxy) is 2. The van der Waals surface area contributed by atoms with Crippen molar-refractivity contribution in [2.24, 2.45) is 5.41 Å². The number of likely N-dealkylation sites (tertiary alicyclic amines) is 1. The number of methoxy groups -OCH3 is 1. The van der Waals surface area contributed by atoms with Gasteiger partial charge in [0, 0.05) is 24.6 Å². The molecule has 1 aliphatic heterocycles. The zero-order valence-electron chi connectivity index (χ0n) is 12.8. The Hall–Kier alpha value is -1.71. The van der Waals surface area contributed by atoms with E-state index in [0.717, 1.165) is 62.2 Å².